The number of fused-ring (bicyclic) bond motifs is 4. The Hall–Kier alpha value is -1.64. The number of ether oxygens (including phenoxy) is 1. The molecule has 0 aliphatic carbocycles. The van der Waals surface area contributed by atoms with E-state index >= 15 is 0 Å². The first-order valence-corrected chi connectivity index (χ1v) is 7.11. The monoisotopic (exact) mass is 296 g/mol. The Morgan fingerprint density at radius 1 is 1.65 bits per heavy atom. The lowest BCUT2D eigenvalue weighted by Crippen LogP contribution is -2.38. The molecule has 1 fully saturated rings. The van der Waals surface area contributed by atoms with Crippen LogP contribution in [0.25, 0.3) is 0 Å². The third-order valence-corrected chi connectivity index (χ3v) is 4.61. The van der Waals surface area contributed by atoms with Gasteiger partial charge in [-0.2, -0.15) is 5.06 Å². The van der Waals surface area contributed by atoms with Crippen LogP contribution >= 0.6 is 11.3 Å². The Bertz CT molecular complexity index is 547. The fourth-order valence-electron chi connectivity index (χ4n) is 2.60. The first-order valence-electron chi connectivity index (χ1n) is 6.29. The summed E-state index contributed by atoms with van der Waals surface area (Å²) in [6.07, 6.45) is 1.61. The number of hydroxylamine groups is 2. The summed E-state index contributed by atoms with van der Waals surface area (Å²) in [7, 11) is 1.58. The minimum absolute atomic E-state index is 0.151. The van der Waals surface area contributed by atoms with Gasteiger partial charge in [0.2, 0.25) is 0 Å². The van der Waals surface area contributed by atoms with Crippen molar-refractivity contribution in [3.63, 3.8) is 0 Å². The third kappa shape index (κ3) is 1.80. The summed E-state index contributed by atoms with van der Waals surface area (Å²) < 4.78 is 5.20. The number of aromatic nitrogens is 1. The largest absolute Gasteiger partial charge is 0.473 e. The lowest BCUT2D eigenvalue weighted by Gasteiger charge is -2.28. The molecule has 2 amide bonds. The van der Waals surface area contributed by atoms with Gasteiger partial charge in [-0.25, -0.2) is 9.78 Å². The highest BCUT2D eigenvalue weighted by molar-refractivity contribution is 7.13. The number of carbonyl (C=O) groups is 1. The van der Waals surface area contributed by atoms with Crippen LogP contribution in [-0.2, 0) is 4.84 Å². The molecule has 2 bridgehead atoms. The van der Waals surface area contributed by atoms with Crippen LogP contribution in [0.1, 0.15) is 22.7 Å². The summed E-state index contributed by atoms with van der Waals surface area (Å²) in [5, 5.41) is 1.98. The van der Waals surface area contributed by atoms with Crippen LogP contribution in [0.2, 0.25) is 0 Å². The second-order valence-corrected chi connectivity index (χ2v) is 5.54. The molecule has 108 valence electrons. The zero-order valence-electron chi connectivity index (χ0n) is 11.1. The lowest BCUT2D eigenvalue weighted by molar-refractivity contribution is -0.118. The van der Waals surface area contributed by atoms with E-state index in [2.05, 4.69) is 11.6 Å². The second-order valence-electron chi connectivity index (χ2n) is 4.55. The number of thiazole rings is 1. The number of methoxy groups -OCH3 is 1. The number of rotatable bonds is 5. The van der Waals surface area contributed by atoms with Crippen molar-refractivity contribution >= 4 is 17.4 Å². The molecule has 3 rings (SSSR count). The number of hydrogen-bond donors (Lipinski definition) is 1. The van der Waals surface area contributed by atoms with Gasteiger partial charge in [-0.3, -0.25) is 4.84 Å². The Morgan fingerprint density at radius 2 is 2.45 bits per heavy atom. The average Bonchev–Trinajstić information content (AvgIpc) is 3.00. The molecule has 1 saturated heterocycles. The van der Waals surface area contributed by atoms with Crippen molar-refractivity contribution < 1.29 is 14.4 Å². The molecule has 2 N–H and O–H groups in total. The van der Waals surface area contributed by atoms with E-state index in [0.29, 0.717) is 18.3 Å². The molecule has 1 aromatic heterocycles. The van der Waals surface area contributed by atoms with Gasteiger partial charge in [0.25, 0.3) is 5.19 Å². The van der Waals surface area contributed by atoms with Crippen LogP contribution in [0.3, 0.4) is 0 Å². The van der Waals surface area contributed by atoms with E-state index in [-0.39, 0.29) is 24.7 Å². The molecule has 2 atom stereocenters. The zero-order valence-corrected chi connectivity index (χ0v) is 11.9. The van der Waals surface area contributed by atoms with Crippen molar-refractivity contribution in [3.8, 4) is 5.19 Å². The molecule has 20 heavy (non-hydrogen) atoms. The molecule has 2 aliphatic rings. The topological polar surface area (TPSA) is 80.9 Å². The SMILES string of the molecule is C=CCON1C(=O)N2C[C@H]1c1sc(OC)nc1C2CN. The van der Waals surface area contributed by atoms with E-state index in [1.54, 1.807) is 18.1 Å². The van der Waals surface area contributed by atoms with Gasteiger partial charge in [0.15, 0.2) is 0 Å². The smallest absolute Gasteiger partial charge is 0.345 e. The standard InChI is InChI=1S/C12H16N4O3S/c1-3-4-19-16-8-6-15(12(16)17)7(5-13)9-10(8)20-11(14-9)18-2/h3,7-8H,1,4-6,13H2,2H3/t7?,8-/m0/s1. The first-order chi connectivity index (χ1) is 9.71. The van der Waals surface area contributed by atoms with Gasteiger partial charge in [-0.15, -0.1) is 6.58 Å². The predicted octanol–water partition coefficient (Wildman–Crippen LogP) is 1.06. The van der Waals surface area contributed by atoms with Crippen LogP contribution in [0, 0.1) is 0 Å². The molecule has 3 heterocycles. The fraction of sp³-hybridized carbons (Fsp3) is 0.500. The van der Waals surface area contributed by atoms with Crippen molar-refractivity contribution in [2.24, 2.45) is 5.73 Å². The molecule has 1 aromatic rings. The summed E-state index contributed by atoms with van der Waals surface area (Å²) in [5.41, 5.74) is 6.64. The highest BCUT2D eigenvalue weighted by Crippen LogP contribution is 2.47. The number of nitrogens with zero attached hydrogens (tertiary/aromatic N) is 3. The maximum atomic E-state index is 12.4. The zero-order chi connectivity index (χ0) is 14.3. The van der Waals surface area contributed by atoms with Crippen LogP contribution in [0.4, 0.5) is 4.79 Å². The average molecular weight is 296 g/mol. The molecular weight excluding hydrogens is 280 g/mol. The number of urea groups is 1. The quantitative estimate of drug-likeness (QED) is 0.822. The van der Waals surface area contributed by atoms with Crippen molar-refractivity contribution in [1.82, 2.24) is 14.9 Å². The van der Waals surface area contributed by atoms with Crippen LogP contribution in [-0.4, -0.2) is 47.8 Å². The maximum absolute atomic E-state index is 12.4. The van der Waals surface area contributed by atoms with E-state index < -0.39 is 0 Å². The van der Waals surface area contributed by atoms with E-state index in [0.717, 1.165) is 10.6 Å². The third-order valence-electron chi connectivity index (χ3n) is 3.47. The summed E-state index contributed by atoms with van der Waals surface area (Å²) in [6, 6.07) is -0.538. The van der Waals surface area contributed by atoms with Gasteiger partial charge < -0.3 is 15.4 Å². The normalized spacial score (nSPS) is 24.0. The summed E-state index contributed by atoms with van der Waals surface area (Å²) in [6.45, 7) is 4.78. The van der Waals surface area contributed by atoms with E-state index in [9.17, 15) is 4.79 Å². The molecule has 0 radical (unpaired) electrons. The molecule has 2 aliphatic heterocycles. The Kier molecular flexibility index (Phi) is 3.36. The van der Waals surface area contributed by atoms with Crippen molar-refractivity contribution in [2.45, 2.75) is 12.1 Å². The van der Waals surface area contributed by atoms with Crippen molar-refractivity contribution in [2.75, 3.05) is 26.8 Å². The predicted molar refractivity (Wildman–Crippen MR) is 73.3 cm³/mol. The number of amides is 2. The first kappa shape index (κ1) is 13.3. The Balaban J connectivity index is 2.00. The molecular formula is C12H16N4O3S. The summed E-state index contributed by atoms with van der Waals surface area (Å²) in [4.78, 5) is 25.0. The van der Waals surface area contributed by atoms with Gasteiger partial charge in [-0.05, 0) is 0 Å². The summed E-state index contributed by atoms with van der Waals surface area (Å²) >= 11 is 1.44. The molecule has 1 unspecified atom stereocenters. The van der Waals surface area contributed by atoms with Gasteiger partial charge in [0.1, 0.15) is 6.04 Å². The Labute approximate surface area is 120 Å². The molecule has 0 aromatic carbocycles. The molecule has 0 saturated carbocycles. The van der Waals surface area contributed by atoms with Gasteiger partial charge in [0.05, 0.1) is 36.9 Å². The van der Waals surface area contributed by atoms with E-state index in [4.69, 9.17) is 15.3 Å². The molecule has 8 heteroatoms. The number of hydrogen-bond acceptors (Lipinski definition) is 6. The fourth-order valence-corrected chi connectivity index (χ4v) is 3.61. The van der Waals surface area contributed by atoms with Crippen LogP contribution in [0.15, 0.2) is 12.7 Å². The highest BCUT2D eigenvalue weighted by Gasteiger charge is 2.50. The number of nitrogens with two attached hydrogens (primary N) is 1. The lowest BCUT2D eigenvalue weighted by atomic mass is 10.0. The van der Waals surface area contributed by atoms with E-state index in [1.807, 2.05) is 0 Å². The second kappa shape index (κ2) is 5.04. The molecule has 0 spiro atoms. The number of carbonyl (C=O) groups excluding carboxylic acids is 1. The Morgan fingerprint density at radius 3 is 3.10 bits per heavy atom. The van der Waals surface area contributed by atoms with Gasteiger partial charge in [-0.1, -0.05) is 17.4 Å². The van der Waals surface area contributed by atoms with Crippen LogP contribution < -0.4 is 10.5 Å². The van der Waals surface area contributed by atoms with Crippen molar-refractivity contribution in [1.29, 1.82) is 0 Å². The van der Waals surface area contributed by atoms with Crippen molar-refractivity contribution in [3.05, 3.63) is 23.2 Å². The van der Waals surface area contributed by atoms with E-state index in [1.165, 1.54) is 16.4 Å². The van der Waals surface area contributed by atoms with Gasteiger partial charge >= 0.3 is 6.03 Å². The minimum Gasteiger partial charge on any atom is -0.473 e. The highest BCUT2D eigenvalue weighted by atomic mass is 32.1. The molecule has 7 nitrogen and oxygen atoms in total. The minimum atomic E-state index is -0.216. The summed E-state index contributed by atoms with van der Waals surface area (Å²) in [5.74, 6) is 0. The maximum Gasteiger partial charge on any atom is 0.345 e. The van der Waals surface area contributed by atoms with Crippen LogP contribution in [0.5, 0.6) is 5.19 Å². The van der Waals surface area contributed by atoms with Gasteiger partial charge in [0, 0.05) is 6.54 Å².